The Morgan fingerprint density at radius 2 is 1.63 bits per heavy atom. The molecule has 2 aromatic carbocycles. The second-order valence-corrected chi connectivity index (χ2v) is 11.7. The van der Waals surface area contributed by atoms with Gasteiger partial charge in [0.1, 0.15) is 0 Å². The van der Waals surface area contributed by atoms with Gasteiger partial charge in [-0.3, -0.25) is 4.79 Å². The van der Waals surface area contributed by atoms with Gasteiger partial charge in [0.2, 0.25) is 10.0 Å². The lowest BCUT2D eigenvalue weighted by molar-refractivity contribution is 0.0950. The molecule has 2 fully saturated rings. The Kier molecular flexibility index (Phi) is 7.76. The number of amides is 3. The SMILES string of the molecule is CC1CC(C)CN(S(=O)(=O)c2ccc(C(=O)NCc3cccc(NC(=O)N4CCCC4)c3)cc2)C1. The Bertz CT molecular complexity index is 1150. The van der Waals surface area contributed by atoms with Gasteiger partial charge in [0, 0.05) is 44.0 Å². The number of nitrogens with one attached hydrogen (secondary N) is 2. The molecule has 3 amide bonds. The third-order valence-electron chi connectivity index (χ3n) is 6.61. The van der Waals surface area contributed by atoms with Crippen LogP contribution in [0.5, 0.6) is 0 Å². The van der Waals surface area contributed by atoms with Gasteiger partial charge in [-0.2, -0.15) is 4.31 Å². The lowest BCUT2D eigenvalue weighted by Gasteiger charge is -2.34. The summed E-state index contributed by atoms with van der Waals surface area (Å²) >= 11 is 0. The highest BCUT2D eigenvalue weighted by Crippen LogP contribution is 2.26. The average Bonchev–Trinajstić information content (AvgIpc) is 3.38. The van der Waals surface area contributed by atoms with Crippen LogP contribution in [0.1, 0.15) is 49.0 Å². The van der Waals surface area contributed by atoms with Crippen LogP contribution in [0, 0.1) is 11.8 Å². The van der Waals surface area contributed by atoms with E-state index >= 15 is 0 Å². The highest BCUT2D eigenvalue weighted by molar-refractivity contribution is 7.89. The summed E-state index contributed by atoms with van der Waals surface area (Å²) in [5, 5.41) is 5.77. The van der Waals surface area contributed by atoms with E-state index in [0.717, 1.165) is 37.9 Å². The van der Waals surface area contributed by atoms with Crippen molar-refractivity contribution >= 4 is 27.6 Å². The molecule has 4 rings (SSSR count). The van der Waals surface area contributed by atoms with Crippen LogP contribution < -0.4 is 10.6 Å². The van der Waals surface area contributed by atoms with E-state index < -0.39 is 10.0 Å². The van der Waals surface area contributed by atoms with Crippen molar-refractivity contribution in [3.63, 3.8) is 0 Å². The van der Waals surface area contributed by atoms with Crippen molar-refractivity contribution in [1.29, 1.82) is 0 Å². The maximum Gasteiger partial charge on any atom is 0.321 e. The molecule has 2 unspecified atom stereocenters. The van der Waals surface area contributed by atoms with Crippen molar-refractivity contribution in [3.8, 4) is 0 Å². The number of carbonyl (C=O) groups excluding carboxylic acids is 2. The largest absolute Gasteiger partial charge is 0.348 e. The van der Waals surface area contributed by atoms with Crippen molar-refractivity contribution in [2.24, 2.45) is 11.8 Å². The highest BCUT2D eigenvalue weighted by atomic mass is 32.2. The fourth-order valence-corrected chi connectivity index (χ4v) is 6.58. The van der Waals surface area contributed by atoms with Crippen LogP contribution in [0.25, 0.3) is 0 Å². The quantitative estimate of drug-likeness (QED) is 0.631. The molecule has 2 aliphatic heterocycles. The first-order valence-corrected chi connectivity index (χ1v) is 13.7. The van der Waals surface area contributed by atoms with Gasteiger partial charge in [-0.05, 0) is 73.1 Å². The molecule has 2 aromatic rings. The van der Waals surface area contributed by atoms with Crippen LogP contribution in [0.4, 0.5) is 10.5 Å². The molecule has 2 atom stereocenters. The first-order chi connectivity index (χ1) is 16.7. The molecule has 9 heteroatoms. The molecule has 2 heterocycles. The third-order valence-corrected chi connectivity index (χ3v) is 8.46. The van der Waals surface area contributed by atoms with E-state index in [1.807, 2.05) is 24.3 Å². The second kappa shape index (κ2) is 10.8. The number of hydrogen-bond donors (Lipinski definition) is 2. The number of piperidine rings is 1. The van der Waals surface area contributed by atoms with Crippen LogP contribution >= 0.6 is 0 Å². The van der Waals surface area contributed by atoms with Gasteiger partial charge in [-0.1, -0.05) is 26.0 Å². The summed E-state index contributed by atoms with van der Waals surface area (Å²) in [6, 6.07) is 13.4. The number of hydrogen-bond acceptors (Lipinski definition) is 4. The van der Waals surface area contributed by atoms with Gasteiger partial charge >= 0.3 is 6.03 Å². The molecule has 0 radical (unpaired) electrons. The number of carbonyl (C=O) groups is 2. The van der Waals surface area contributed by atoms with Crippen molar-refractivity contribution in [2.45, 2.75) is 44.6 Å². The molecule has 0 saturated carbocycles. The summed E-state index contributed by atoms with van der Waals surface area (Å²) < 4.78 is 27.7. The third kappa shape index (κ3) is 6.21. The van der Waals surface area contributed by atoms with Crippen molar-refractivity contribution in [2.75, 3.05) is 31.5 Å². The minimum atomic E-state index is -3.58. The number of urea groups is 1. The standard InChI is InChI=1S/C26H34N4O4S/c1-19-14-20(2)18-30(17-19)35(33,34)24-10-8-22(9-11-24)25(31)27-16-21-6-5-7-23(15-21)28-26(32)29-12-3-4-13-29/h5-11,15,19-20H,3-4,12-14,16-18H2,1-2H3,(H,27,31)(H,28,32). The molecule has 2 saturated heterocycles. The first kappa shape index (κ1) is 25.2. The molecule has 8 nitrogen and oxygen atoms in total. The van der Waals surface area contributed by atoms with E-state index in [-0.39, 0.29) is 23.4 Å². The van der Waals surface area contributed by atoms with Gasteiger partial charge in [-0.25, -0.2) is 13.2 Å². The Morgan fingerprint density at radius 1 is 0.971 bits per heavy atom. The molecule has 0 aliphatic carbocycles. The van der Waals surface area contributed by atoms with Crippen LogP contribution in [-0.4, -0.2) is 55.7 Å². The van der Waals surface area contributed by atoms with Gasteiger partial charge < -0.3 is 15.5 Å². The predicted octanol–water partition coefficient (Wildman–Crippen LogP) is 3.91. The van der Waals surface area contributed by atoms with E-state index in [0.29, 0.717) is 36.2 Å². The Balaban J connectivity index is 1.34. The molecule has 0 spiro atoms. The maximum absolute atomic E-state index is 13.1. The summed E-state index contributed by atoms with van der Waals surface area (Å²) in [7, 11) is -3.58. The van der Waals surface area contributed by atoms with Crippen LogP contribution in [0.15, 0.2) is 53.4 Å². The molecular weight excluding hydrogens is 464 g/mol. The zero-order valence-corrected chi connectivity index (χ0v) is 21.2. The molecule has 35 heavy (non-hydrogen) atoms. The normalized spacial score (nSPS) is 21.0. The van der Waals surface area contributed by atoms with Gasteiger partial charge in [0.15, 0.2) is 0 Å². The minimum absolute atomic E-state index is 0.104. The summed E-state index contributed by atoms with van der Waals surface area (Å²) in [5.41, 5.74) is 1.93. The van der Waals surface area contributed by atoms with Crippen molar-refractivity contribution < 1.29 is 18.0 Å². The first-order valence-electron chi connectivity index (χ1n) is 12.3. The molecule has 188 valence electrons. The number of rotatable bonds is 6. The zero-order chi connectivity index (χ0) is 25.0. The van der Waals surface area contributed by atoms with Gasteiger partial charge in [-0.15, -0.1) is 0 Å². The number of anilines is 1. The molecular formula is C26H34N4O4S. The Morgan fingerprint density at radius 3 is 2.29 bits per heavy atom. The minimum Gasteiger partial charge on any atom is -0.348 e. The van der Waals surface area contributed by atoms with E-state index in [9.17, 15) is 18.0 Å². The number of benzene rings is 2. The van der Waals surface area contributed by atoms with E-state index in [1.165, 1.54) is 12.1 Å². The summed E-state index contributed by atoms with van der Waals surface area (Å²) in [6.45, 7) is 7.02. The molecule has 0 bridgehead atoms. The average molecular weight is 499 g/mol. The summed E-state index contributed by atoms with van der Waals surface area (Å²) in [4.78, 5) is 27.0. The number of sulfonamides is 1. The molecule has 2 aliphatic rings. The van der Waals surface area contributed by atoms with Crippen molar-refractivity contribution in [3.05, 3.63) is 59.7 Å². The monoisotopic (exact) mass is 498 g/mol. The second-order valence-electron chi connectivity index (χ2n) is 9.80. The maximum atomic E-state index is 13.1. The van der Waals surface area contributed by atoms with Crippen LogP contribution in [0.3, 0.4) is 0 Å². The fraction of sp³-hybridized carbons (Fsp3) is 0.462. The zero-order valence-electron chi connectivity index (χ0n) is 20.4. The van der Waals surface area contributed by atoms with Gasteiger partial charge in [0.25, 0.3) is 5.91 Å². The molecule has 0 aromatic heterocycles. The van der Waals surface area contributed by atoms with Crippen LogP contribution in [0.2, 0.25) is 0 Å². The topological polar surface area (TPSA) is 98.8 Å². The number of likely N-dealkylation sites (tertiary alicyclic amines) is 1. The van der Waals surface area contributed by atoms with E-state index in [2.05, 4.69) is 24.5 Å². The highest BCUT2D eigenvalue weighted by Gasteiger charge is 2.31. The number of nitrogens with zero attached hydrogens (tertiary/aromatic N) is 2. The Hall–Kier alpha value is -2.91. The summed E-state index contributed by atoms with van der Waals surface area (Å²) in [5.74, 6) is 0.358. The van der Waals surface area contributed by atoms with E-state index in [1.54, 1.807) is 21.3 Å². The lowest BCUT2D eigenvalue weighted by atomic mass is 9.94. The lowest BCUT2D eigenvalue weighted by Crippen LogP contribution is -2.42. The fourth-order valence-electron chi connectivity index (χ4n) is 4.90. The van der Waals surface area contributed by atoms with Gasteiger partial charge in [0.05, 0.1) is 4.90 Å². The van der Waals surface area contributed by atoms with Crippen molar-refractivity contribution in [1.82, 2.24) is 14.5 Å². The Labute approximate surface area is 207 Å². The van der Waals surface area contributed by atoms with Crippen LogP contribution in [-0.2, 0) is 16.6 Å². The predicted molar refractivity (Wildman–Crippen MR) is 136 cm³/mol. The molecule has 2 N–H and O–H groups in total. The summed E-state index contributed by atoms with van der Waals surface area (Å²) in [6.07, 6.45) is 3.09. The smallest absolute Gasteiger partial charge is 0.321 e. The van der Waals surface area contributed by atoms with E-state index in [4.69, 9.17) is 0 Å².